The zero-order chi connectivity index (χ0) is 23.3. The summed E-state index contributed by atoms with van der Waals surface area (Å²) in [5.41, 5.74) is 2.31. The number of hydrogen-bond donors (Lipinski definition) is 2. The number of nitrogens with zero attached hydrogens (tertiary/aromatic N) is 1. The van der Waals surface area contributed by atoms with Crippen molar-refractivity contribution < 1.29 is 23.5 Å². The molecule has 1 unspecified atom stereocenters. The molecule has 1 heterocycles. The second kappa shape index (κ2) is 10.3. The van der Waals surface area contributed by atoms with Crippen LogP contribution < -0.4 is 10.6 Å². The minimum absolute atomic E-state index is 0.0430. The summed E-state index contributed by atoms with van der Waals surface area (Å²) in [6.07, 6.45) is 0. The molecule has 0 saturated carbocycles. The quantitative estimate of drug-likeness (QED) is 0.375. The van der Waals surface area contributed by atoms with Crippen LogP contribution in [0, 0.1) is 5.82 Å². The van der Waals surface area contributed by atoms with Gasteiger partial charge in [-0.05, 0) is 49.0 Å². The highest BCUT2D eigenvalue weighted by Gasteiger charge is 2.33. The topological polar surface area (TPSA) is 79.9 Å². The molecule has 1 aliphatic rings. The van der Waals surface area contributed by atoms with E-state index in [2.05, 4.69) is 10.6 Å². The van der Waals surface area contributed by atoms with E-state index in [9.17, 15) is 14.0 Å². The van der Waals surface area contributed by atoms with E-state index < -0.39 is 23.7 Å². The number of methoxy groups -OCH3 is 1. The molecule has 2 N–H and O–H groups in total. The number of anilines is 1. The molecule has 9 heteroatoms. The molecule has 0 aliphatic carbocycles. The van der Waals surface area contributed by atoms with Crippen molar-refractivity contribution in [1.29, 1.82) is 0 Å². The molecule has 3 rings (SSSR count). The molecule has 0 saturated heterocycles. The van der Waals surface area contributed by atoms with Crippen molar-refractivity contribution >= 4 is 34.9 Å². The van der Waals surface area contributed by atoms with Gasteiger partial charge in [-0.15, -0.1) is 0 Å². The summed E-state index contributed by atoms with van der Waals surface area (Å²) in [7, 11) is 3.30. The lowest BCUT2D eigenvalue weighted by atomic mass is 9.95. The highest BCUT2D eigenvalue weighted by molar-refractivity contribution is 7.80. The Morgan fingerprint density at radius 3 is 2.50 bits per heavy atom. The fourth-order valence-electron chi connectivity index (χ4n) is 3.25. The fraction of sp³-hybridized carbons (Fsp3) is 0.261. The van der Waals surface area contributed by atoms with E-state index in [1.165, 1.54) is 25.3 Å². The van der Waals surface area contributed by atoms with Gasteiger partial charge in [0.25, 0.3) is 5.91 Å². The van der Waals surface area contributed by atoms with Crippen LogP contribution >= 0.6 is 12.2 Å². The van der Waals surface area contributed by atoms with Crippen molar-refractivity contribution in [2.75, 3.05) is 32.7 Å². The zero-order valence-electron chi connectivity index (χ0n) is 18.0. The first-order chi connectivity index (χ1) is 15.3. The predicted octanol–water partition coefficient (Wildman–Crippen LogP) is 3.40. The minimum atomic E-state index is -0.595. The van der Waals surface area contributed by atoms with Gasteiger partial charge in [-0.1, -0.05) is 24.3 Å². The first-order valence-electron chi connectivity index (χ1n) is 9.90. The van der Waals surface area contributed by atoms with Crippen molar-refractivity contribution in [3.05, 3.63) is 76.7 Å². The molecule has 1 aliphatic heterocycles. The molecule has 0 fully saturated rings. The first-order valence-corrected chi connectivity index (χ1v) is 10.3. The van der Waals surface area contributed by atoms with Crippen molar-refractivity contribution in [3.63, 3.8) is 0 Å². The predicted molar refractivity (Wildman–Crippen MR) is 123 cm³/mol. The molecule has 7 nitrogen and oxygen atoms in total. The number of allylic oxidation sites excluding steroid dienone is 1. The SMILES string of the molecule is COCCOC(=O)C1=C(C)N(C)C(=S)NC1c1ccc(NC(=O)c2ccccc2F)cc1. The maximum Gasteiger partial charge on any atom is 0.338 e. The molecule has 168 valence electrons. The van der Waals surface area contributed by atoms with Gasteiger partial charge in [0.15, 0.2) is 5.11 Å². The Balaban J connectivity index is 1.82. The molecular formula is C23H24FN3O4S. The number of carbonyl (C=O) groups excluding carboxylic acids is 2. The van der Waals surface area contributed by atoms with Crippen LogP contribution in [0.1, 0.15) is 28.9 Å². The van der Waals surface area contributed by atoms with Gasteiger partial charge >= 0.3 is 5.97 Å². The third kappa shape index (κ3) is 5.12. The molecule has 1 amide bonds. The molecule has 2 aromatic carbocycles. The summed E-state index contributed by atoms with van der Waals surface area (Å²) < 4.78 is 24.1. The number of nitrogens with one attached hydrogen (secondary N) is 2. The Morgan fingerprint density at radius 1 is 1.16 bits per heavy atom. The van der Waals surface area contributed by atoms with E-state index in [1.54, 1.807) is 49.2 Å². The summed E-state index contributed by atoms with van der Waals surface area (Å²) in [5.74, 6) is -1.61. The van der Waals surface area contributed by atoms with Crippen molar-refractivity contribution in [2.24, 2.45) is 0 Å². The highest BCUT2D eigenvalue weighted by atomic mass is 32.1. The first kappa shape index (κ1) is 23.4. The molecule has 2 aromatic rings. The van der Waals surface area contributed by atoms with Gasteiger partial charge in [0, 0.05) is 25.5 Å². The third-order valence-electron chi connectivity index (χ3n) is 5.11. The normalized spacial score (nSPS) is 15.9. The number of thiocarbonyl (C=S) groups is 1. The van der Waals surface area contributed by atoms with Crippen LogP contribution in [-0.2, 0) is 14.3 Å². The van der Waals surface area contributed by atoms with Crippen molar-refractivity contribution in [2.45, 2.75) is 13.0 Å². The largest absolute Gasteiger partial charge is 0.460 e. The average molecular weight is 458 g/mol. The van der Waals surface area contributed by atoms with Crippen LogP contribution in [0.4, 0.5) is 10.1 Å². The summed E-state index contributed by atoms with van der Waals surface area (Å²) >= 11 is 5.39. The van der Waals surface area contributed by atoms with Gasteiger partial charge in [0.05, 0.1) is 23.8 Å². The van der Waals surface area contributed by atoms with Crippen LogP contribution in [-0.4, -0.2) is 49.3 Å². The molecule has 0 radical (unpaired) electrons. The molecule has 0 bridgehead atoms. The monoisotopic (exact) mass is 457 g/mol. The number of rotatable bonds is 7. The highest BCUT2D eigenvalue weighted by Crippen LogP contribution is 2.31. The lowest BCUT2D eigenvalue weighted by Gasteiger charge is -2.35. The molecular weight excluding hydrogens is 433 g/mol. The lowest BCUT2D eigenvalue weighted by molar-refractivity contribution is -0.140. The zero-order valence-corrected chi connectivity index (χ0v) is 18.8. The van der Waals surface area contributed by atoms with Gasteiger partial charge in [-0.25, -0.2) is 9.18 Å². The van der Waals surface area contributed by atoms with Crippen molar-refractivity contribution in [1.82, 2.24) is 10.2 Å². The standard InChI is InChI=1S/C23H24FN3O4S/c1-14-19(22(29)31-13-12-30-3)20(26-23(32)27(14)2)15-8-10-16(11-9-15)25-21(28)17-6-4-5-7-18(17)24/h4-11,20H,12-13H2,1-3H3,(H,25,28)(H,26,32). The van der Waals surface area contributed by atoms with Crippen LogP contribution in [0.3, 0.4) is 0 Å². The van der Waals surface area contributed by atoms with Crippen LogP contribution in [0.15, 0.2) is 59.8 Å². The van der Waals surface area contributed by atoms with E-state index in [1.807, 2.05) is 0 Å². The summed E-state index contributed by atoms with van der Waals surface area (Å²) in [6.45, 7) is 2.23. The maximum absolute atomic E-state index is 13.8. The van der Waals surface area contributed by atoms with E-state index in [4.69, 9.17) is 21.7 Å². The number of hydrogen-bond acceptors (Lipinski definition) is 5. The smallest absolute Gasteiger partial charge is 0.338 e. The fourth-order valence-corrected chi connectivity index (χ4v) is 3.50. The Kier molecular flexibility index (Phi) is 7.55. The van der Waals surface area contributed by atoms with Gasteiger partial charge in [0.2, 0.25) is 0 Å². The van der Waals surface area contributed by atoms with Crippen LogP contribution in [0.2, 0.25) is 0 Å². The van der Waals surface area contributed by atoms with Gasteiger partial charge in [-0.3, -0.25) is 4.79 Å². The average Bonchev–Trinajstić information content (AvgIpc) is 2.78. The summed E-state index contributed by atoms with van der Waals surface area (Å²) in [4.78, 5) is 26.8. The Morgan fingerprint density at radius 2 is 1.84 bits per heavy atom. The number of benzene rings is 2. The van der Waals surface area contributed by atoms with E-state index >= 15 is 0 Å². The van der Waals surface area contributed by atoms with Crippen molar-refractivity contribution in [3.8, 4) is 0 Å². The van der Waals surface area contributed by atoms with Gasteiger partial charge < -0.3 is 25.0 Å². The van der Waals surface area contributed by atoms with Gasteiger partial charge in [-0.2, -0.15) is 0 Å². The summed E-state index contributed by atoms with van der Waals surface area (Å²) in [6, 6.07) is 12.1. The number of esters is 1. The van der Waals surface area contributed by atoms with Gasteiger partial charge in [0.1, 0.15) is 12.4 Å². The minimum Gasteiger partial charge on any atom is -0.460 e. The lowest BCUT2D eigenvalue weighted by Crippen LogP contribution is -2.46. The molecule has 1 atom stereocenters. The second-order valence-electron chi connectivity index (χ2n) is 7.13. The van der Waals surface area contributed by atoms with E-state index in [0.717, 1.165) is 5.56 Å². The third-order valence-corrected chi connectivity index (χ3v) is 5.51. The van der Waals surface area contributed by atoms with Crippen LogP contribution in [0.5, 0.6) is 0 Å². The Labute approximate surface area is 191 Å². The molecule has 0 spiro atoms. The number of amides is 1. The van der Waals surface area contributed by atoms with E-state index in [-0.39, 0.29) is 12.2 Å². The van der Waals surface area contributed by atoms with Crippen LogP contribution in [0.25, 0.3) is 0 Å². The second-order valence-corrected chi connectivity index (χ2v) is 7.51. The molecule has 0 aromatic heterocycles. The number of halogens is 1. The Hall–Kier alpha value is -3.30. The number of ether oxygens (including phenoxy) is 2. The maximum atomic E-state index is 13.8. The number of carbonyl (C=O) groups is 2. The Bertz CT molecular complexity index is 1060. The van der Waals surface area contributed by atoms with E-state index in [0.29, 0.717) is 28.7 Å². The molecule has 32 heavy (non-hydrogen) atoms. The summed E-state index contributed by atoms with van der Waals surface area (Å²) in [5, 5.41) is 6.30.